The molecule has 1 saturated heterocycles. The Hall–Kier alpha value is -1.94. The molecule has 1 saturated carbocycles. The van der Waals surface area contributed by atoms with Gasteiger partial charge in [0.25, 0.3) is 0 Å². The number of anilines is 1. The standard InChI is InChI=1S/C14H20N6O3S/c1-17-11-12(18(2)14(17)21)15-9-16-13(11)19-5-7-20(8-6-19)24(22,23)10-3-4-10/h9-10H,3-8H2,1-2H3. The molecule has 9 nitrogen and oxygen atoms in total. The number of sulfonamides is 1. The molecule has 1 aliphatic heterocycles. The number of nitrogens with zero attached hydrogens (tertiary/aromatic N) is 6. The first kappa shape index (κ1) is 15.6. The minimum atomic E-state index is -3.13. The molecule has 0 atom stereocenters. The quantitative estimate of drug-likeness (QED) is 0.724. The smallest absolute Gasteiger partial charge is 0.329 e. The summed E-state index contributed by atoms with van der Waals surface area (Å²) in [6.45, 7) is 2.01. The van der Waals surface area contributed by atoms with Crippen molar-refractivity contribution >= 4 is 27.0 Å². The van der Waals surface area contributed by atoms with Crippen molar-refractivity contribution in [3.63, 3.8) is 0 Å². The maximum atomic E-state index is 12.3. The average Bonchev–Trinajstić information content (AvgIpc) is 3.42. The molecular formula is C14H20N6O3S. The lowest BCUT2D eigenvalue weighted by atomic mass is 10.3. The Bertz CT molecular complexity index is 951. The molecule has 4 rings (SSSR count). The Balaban J connectivity index is 1.64. The van der Waals surface area contributed by atoms with Crippen LogP contribution in [0.1, 0.15) is 12.8 Å². The molecule has 1 aliphatic carbocycles. The van der Waals surface area contributed by atoms with E-state index in [1.54, 1.807) is 18.4 Å². The summed E-state index contributed by atoms with van der Waals surface area (Å²) in [7, 11) is 0.249. The lowest BCUT2D eigenvalue weighted by molar-refractivity contribution is 0.383. The SMILES string of the molecule is Cn1c(=O)n(C)c2c(N3CCN(S(=O)(=O)C4CC4)CC3)ncnc21. The Morgan fingerprint density at radius 3 is 2.33 bits per heavy atom. The Morgan fingerprint density at radius 2 is 1.71 bits per heavy atom. The number of aromatic nitrogens is 4. The van der Waals surface area contributed by atoms with Crippen molar-refractivity contribution < 1.29 is 8.42 Å². The summed E-state index contributed by atoms with van der Waals surface area (Å²) in [6.07, 6.45) is 3.01. The highest BCUT2D eigenvalue weighted by Crippen LogP contribution is 2.32. The van der Waals surface area contributed by atoms with Gasteiger partial charge in [-0.2, -0.15) is 4.31 Å². The predicted molar refractivity (Wildman–Crippen MR) is 89.5 cm³/mol. The summed E-state index contributed by atoms with van der Waals surface area (Å²) in [5.41, 5.74) is 1.12. The van der Waals surface area contributed by atoms with Crippen molar-refractivity contribution in [1.29, 1.82) is 0 Å². The summed E-state index contributed by atoms with van der Waals surface area (Å²) < 4.78 is 29.3. The molecule has 0 bridgehead atoms. The first-order valence-corrected chi connectivity index (χ1v) is 9.52. The number of imidazole rings is 1. The van der Waals surface area contributed by atoms with E-state index in [9.17, 15) is 13.2 Å². The van der Waals surface area contributed by atoms with E-state index in [4.69, 9.17) is 0 Å². The normalized spacial score (nSPS) is 20.0. The molecule has 0 aromatic carbocycles. The van der Waals surface area contributed by atoms with Crippen LogP contribution in [0.15, 0.2) is 11.1 Å². The van der Waals surface area contributed by atoms with Crippen LogP contribution in [0.2, 0.25) is 0 Å². The van der Waals surface area contributed by atoms with Crippen LogP contribution in [0.5, 0.6) is 0 Å². The van der Waals surface area contributed by atoms with Gasteiger partial charge in [0.2, 0.25) is 10.0 Å². The van der Waals surface area contributed by atoms with E-state index in [1.807, 2.05) is 4.90 Å². The fourth-order valence-electron chi connectivity index (χ4n) is 3.28. The molecule has 0 spiro atoms. The van der Waals surface area contributed by atoms with Gasteiger partial charge >= 0.3 is 5.69 Å². The summed E-state index contributed by atoms with van der Waals surface area (Å²) in [5.74, 6) is 0.684. The number of fused-ring (bicyclic) bond motifs is 1. The van der Waals surface area contributed by atoms with Crippen molar-refractivity contribution in [3.05, 3.63) is 16.8 Å². The second-order valence-electron chi connectivity index (χ2n) is 6.40. The van der Waals surface area contributed by atoms with Crippen LogP contribution < -0.4 is 10.6 Å². The molecule has 0 unspecified atom stereocenters. The molecule has 24 heavy (non-hydrogen) atoms. The molecule has 2 aliphatic rings. The van der Waals surface area contributed by atoms with Crippen molar-refractivity contribution in [1.82, 2.24) is 23.4 Å². The van der Waals surface area contributed by atoms with Gasteiger partial charge in [0.1, 0.15) is 11.8 Å². The van der Waals surface area contributed by atoms with Crippen LogP contribution >= 0.6 is 0 Å². The minimum absolute atomic E-state index is 0.151. The summed E-state index contributed by atoms with van der Waals surface area (Å²) in [5, 5.41) is -0.176. The van der Waals surface area contributed by atoms with Crippen molar-refractivity contribution in [3.8, 4) is 0 Å². The van der Waals surface area contributed by atoms with Gasteiger partial charge in [-0.05, 0) is 12.8 Å². The Labute approximate surface area is 139 Å². The summed E-state index contributed by atoms with van der Waals surface area (Å²) in [6, 6.07) is 0. The number of hydrogen-bond acceptors (Lipinski definition) is 6. The van der Waals surface area contributed by atoms with Crippen LogP contribution in [-0.4, -0.2) is 63.3 Å². The van der Waals surface area contributed by atoms with Crippen LogP contribution in [0.25, 0.3) is 11.2 Å². The van der Waals surface area contributed by atoms with Crippen molar-refractivity contribution in [2.24, 2.45) is 14.1 Å². The molecule has 0 radical (unpaired) electrons. The third-order valence-electron chi connectivity index (χ3n) is 4.85. The van der Waals surface area contributed by atoms with Gasteiger partial charge in [-0.15, -0.1) is 0 Å². The zero-order chi connectivity index (χ0) is 17.1. The highest BCUT2D eigenvalue weighted by atomic mass is 32.2. The molecule has 0 N–H and O–H groups in total. The van der Waals surface area contributed by atoms with E-state index in [0.717, 1.165) is 12.8 Å². The Kier molecular flexibility index (Phi) is 3.43. The largest absolute Gasteiger partial charge is 0.352 e. The highest BCUT2D eigenvalue weighted by Gasteiger charge is 2.41. The monoisotopic (exact) mass is 352 g/mol. The van der Waals surface area contributed by atoms with Gasteiger partial charge in [-0.1, -0.05) is 0 Å². The molecular weight excluding hydrogens is 332 g/mol. The van der Waals surface area contributed by atoms with Crippen LogP contribution in [0, 0.1) is 0 Å². The number of piperazine rings is 1. The summed E-state index contributed by atoms with van der Waals surface area (Å²) >= 11 is 0. The van der Waals surface area contributed by atoms with E-state index >= 15 is 0 Å². The first-order valence-electron chi connectivity index (χ1n) is 8.01. The lowest BCUT2D eigenvalue weighted by Gasteiger charge is -2.34. The number of aryl methyl sites for hydroxylation is 2. The molecule has 130 valence electrons. The van der Waals surface area contributed by atoms with Gasteiger partial charge in [0.15, 0.2) is 11.5 Å². The molecule has 2 fully saturated rings. The predicted octanol–water partition coefficient (Wildman–Crippen LogP) is -0.719. The third kappa shape index (κ3) is 2.24. The summed E-state index contributed by atoms with van der Waals surface area (Å²) in [4.78, 5) is 22.7. The first-order chi connectivity index (χ1) is 11.4. The zero-order valence-electron chi connectivity index (χ0n) is 13.7. The lowest BCUT2D eigenvalue weighted by Crippen LogP contribution is -2.50. The minimum Gasteiger partial charge on any atom is -0.352 e. The van der Waals surface area contributed by atoms with Gasteiger partial charge in [-0.25, -0.2) is 23.2 Å². The topological polar surface area (TPSA) is 93.3 Å². The van der Waals surface area contributed by atoms with Crippen LogP contribution in [0.3, 0.4) is 0 Å². The van der Waals surface area contributed by atoms with Gasteiger partial charge < -0.3 is 4.90 Å². The maximum Gasteiger partial charge on any atom is 0.329 e. The molecule has 3 heterocycles. The average molecular weight is 352 g/mol. The molecule has 0 amide bonds. The van der Waals surface area contributed by atoms with E-state index in [-0.39, 0.29) is 10.9 Å². The molecule has 2 aromatic heterocycles. The van der Waals surface area contributed by atoms with Crippen LogP contribution in [-0.2, 0) is 24.1 Å². The fourth-order valence-corrected chi connectivity index (χ4v) is 5.11. The van der Waals surface area contributed by atoms with Crippen molar-refractivity contribution in [2.45, 2.75) is 18.1 Å². The van der Waals surface area contributed by atoms with E-state index in [2.05, 4.69) is 9.97 Å². The third-order valence-corrected chi connectivity index (χ3v) is 7.25. The number of rotatable bonds is 3. The van der Waals surface area contributed by atoms with E-state index < -0.39 is 10.0 Å². The number of hydrogen-bond donors (Lipinski definition) is 0. The van der Waals surface area contributed by atoms with Gasteiger partial charge in [-0.3, -0.25) is 9.13 Å². The second-order valence-corrected chi connectivity index (χ2v) is 8.61. The van der Waals surface area contributed by atoms with E-state index in [1.165, 1.54) is 15.5 Å². The highest BCUT2D eigenvalue weighted by molar-refractivity contribution is 7.90. The van der Waals surface area contributed by atoms with Gasteiger partial charge in [0.05, 0.1) is 5.25 Å². The van der Waals surface area contributed by atoms with Crippen LogP contribution in [0.4, 0.5) is 5.82 Å². The Morgan fingerprint density at radius 1 is 1.04 bits per heavy atom. The molecule has 10 heteroatoms. The molecule has 2 aromatic rings. The fraction of sp³-hybridized carbons (Fsp3) is 0.643. The zero-order valence-corrected chi connectivity index (χ0v) is 14.5. The second kappa shape index (κ2) is 5.28. The van der Waals surface area contributed by atoms with Crippen molar-refractivity contribution in [2.75, 3.05) is 31.1 Å². The van der Waals surface area contributed by atoms with E-state index in [0.29, 0.717) is 43.2 Å². The maximum absolute atomic E-state index is 12.3. The van der Waals surface area contributed by atoms with Gasteiger partial charge in [0, 0.05) is 40.3 Å².